The van der Waals surface area contributed by atoms with Crippen molar-refractivity contribution in [3.05, 3.63) is 38.4 Å². The van der Waals surface area contributed by atoms with Gasteiger partial charge in [-0.2, -0.15) is 0 Å². The summed E-state index contributed by atoms with van der Waals surface area (Å²) in [7, 11) is 0. The van der Waals surface area contributed by atoms with Gasteiger partial charge in [0.15, 0.2) is 5.13 Å². The number of benzene rings is 1. The van der Waals surface area contributed by atoms with Crippen molar-refractivity contribution in [1.29, 1.82) is 0 Å². The van der Waals surface area contributed by atoms with E-state index in [2.05, 4.69) is 32.9 Å². The van der Waals surface area contributed by atoms with Gasteiger partial charge in [-0.25, -0.2) is 4.98 Å². The normalized spacial score (nSPS) is 10.2. The van der Waals surface area contributed by atoms with Crippen LogP contribution in [0.15, 0.2) is 23.6 Å². The van der Waals surface area contributed by atoms with Crippen molar-refractivity contribution in [2.75, 3.05) is 5.32 Å². The van der Waals surface area contributed by atoms with Gasteiger partial charge in [0.05, 0.1) is 11.3 Å². The van der Waals surface area contributed by atoms with Crippen LogP contribution in [-0.4, -0.2) is 16.0 Å². The summed E-state index contributed by atoms with van der Waals surface area (Å²) in [6.45, 7) is 1.86. The molecule has 0 radical (unpaired) electrons. The summed E-state index contributed by atoms with van der Waals surface area (Å²) in [5.41, 5.74) is 1.11. The Morgan fingerprint density at radius 2 is 2.29 bits per heavy atom. The second-order valence-corrected chi connectivity index (χ2v) is 5.51. The number of carbonyl (C=O) groups excluding carboxylic acids is 1. The first-order chi connectivity index (χ1) is 8.06. The number of hydrogen-bond acceptors (Lipinski definition) is 4. The smallest absolute Gasteiger partial charge is 0.261 e. The summed E-state index contributed by atoms with van der Waals surface area (Å²) in [5, 5.41) is 14.6. The van der Waals surface area contributed by atoms with Crippen LogP contribution < -0.4 is 5.32 Å². The molecule has 1 aromatic heterocycles. The zero-order valence-corrected chi connectivity index (χ0v) is 11.9. The lowest BCUT2D eigenvalue weighted by molar-refractivity contribution is 0.102. The molecule has 0 saturated carbocycles. The van der Waals surface area contributed by atoms with Gasteiger partial charge in [-0.15, -0.1) is 11.3 Å². The number of nitrogens with zero attached hydrogens (tertiary/aromatic N) is 1. The molecule has 17 heavy (non-hydrogen) atoms. The molecule has 2 rings (SSSR count). The predicted octanol–water partition coefficient (Wildman–Crippen LogP) is 3.01. The van der Waals surface area contributed by atoms with Gasteiger partial charge in [0.1, 0.15) is 5.75 Å². The number of aryl methyl sites for hydroxylation is 1. The maximum absolute atomic E-state index is 11.9. The van der Waals surface area contributed by atoms with Gasteiger partial charge in [-0.3, -0.25) is 10.1 Å². The Kier molecular flexibility index (Phi) is 3.63. The first-order valence-electron chi connectivity index (χ1n) is 4.78. The minimum atomic E-state index is -0.352. The molecular formula is C11H9IN2O2S. The number of rotatable bonds is 2. The van der Waals surface area contributed by atoms with E-state index in [1.54, 1.807) is 12.1 Å². The lowest BCUT2D eigenvalue weighted by Crippen LogP contribution is -2.12. The summed E-state index contributed by atoms with van der Waals surface area (Å²) >= 11 is 3.44. The van der Waals surface area contributed by atoms with Gasteiger partial charge in [0.2, 0.25) is 0 Å². The number of thiazole rings is 1. The maximum atomic E-state index is 11.9. The Morgan fingerprint density at radius 1 is 1.53 bits per heavy atom. The van der Waals surface area contributed by atoms with Crippen LogP contribution >= 0.6 is 33.9 Å². The summed E-state index contributed by atoms with van der Waals surface area (Å²) in [6.07, 6.45) is 0. The van der Waals surface area contributed by atoms with E-state index >= 15 is 0 Å². The number of nitrogens with one attached hydrogen (secondary N) is 1. The van der Waals surface area contributed by atoms with Crippen LogP contribution in [0.1, 0.15) is 16.1 Å². The second kappa shape index (κ2) is 5.01. The molecule has 4 nitrogen and oxygen atoms in total. The van der Waals surface area contributed by atoms with Crippen molar-refractivity contribution < 1.29 is 9.90 Å². The van der Waals surface area contributed by atoms with Crippen molar-refractivity contribution in [3.63, 3.8) is 0 Å². The molecule has 0 saturated heterocycles. The first kappa shape index (κ1) is 12.3. The van der Waals surface area contributed by atoms with Crippen molar-refractivity contribution >= 4 is 45.0 Å². The molecule has 1 amide bonds. The number of anilines is 1. The first-order valence-corrected chi connectivity index (χ1v) is 6.74. The van der Waals surface area contributed by atoms with Gasteiger partial charge < -0.3 is 5.11 Å². The SMILES string of the molecule is Cc1csc(NC(=O)c2cc(I)ccc2O)n1. The summed E-state index contributed by atoms with van der Waals surface area (Å²) in [6, 6.07) is 4.87. The van der Waals surface area contributed by atoms with Crippen molar-refractivity contribution in [2.45, 2.75) is 6.92 Å². The van der Waals surface area contributed by atoms with Crippen LogP contribution in [0.2, 0.25) is 0 Å². The van der Waals surface area contributed by atoms with Crippen molar-refractivity contribution in [3.8, 4) is 5.75 Å². The number of aromatic hydroxyl groups is 1. The third-order valence-electron chi connectivity index (χ3n) is 2.04. The molecule has 0 atom stereocenters. The summed E-state index contributed by atoms with van der Waals surface area (Å²) < 4.78 is 0.890. The molecule has 0 bridgehead atoms. The molecular weight excluding hydrogens is 351 g/mol. The topological polar surface area (TPSA) is 62.2 Å². The number of halogens is 1. The monoisotopic (exact) mass is 360 g/mol. The van der Waals surface area contributed by atoms with E-state index in [1.807, 2.05) is 12.3 Å². The Labute approximate surface area is 116 Å². The summed E-state index contributed by atoms with van der Waals surface area (Å²) in [5.74, 6) is -0.383. The van der Waals surface area contributed by atoms with Crippen LogP contribution in [0.3, 0.4) is 0 Å². The van der Waals surface area contributed by atoms with E-state index in [0.717, 1.165) is 9.26 Å². The zero-order chi connectivity index (χ0) is 12.4. The highest BCUT2D eigenvalue weighted by molar-refractivity contribution is 14.1. The fraction of sp³-hybridized carbons (Fsp3) is 0.0909. The molecule has 6 heteroatoms. The Bertz CT molecular complexity index is 568. The Balaban J connectivity index is 2.22. The molecule has 0 unspecified atom stereocenters. The quantitative estimate of drug-likeness (QED) is 0.810. The molecule has 0 aliphatic carbocycles. The highest BCUT2D eigenvalue weighted by atomic mass is 127. The van der Waals surface area contributed by atoms with Gasteiger partial charge in [-0.05, 0) is 47.7 Å². The lowest BCUT2D eigenvalue weighted by Gasteiger charge is -2.04. The molecule has 1 aromatic carbocycles. The van der Waals surface area contributed by atoms with Crippen LogP contribution in [0.4, 0.5) is 5.13 Å². The van der Waals surface area contributed by atoms with Crippen molar-refractivity contribution in [1.82, 2.24) is 4.98 Å². The molecule has 0 fully saturated rings. The van der Waals surface area contributed by atoms with E-state index in [1.165, 1.54) is 17.4 Å². The third-order valence-corrected chi connectivity index (χ3v) is 3.59. The third kappa shape index (κ3) is 2.95. The highest BCUT2D eigenvalue weighted by Crippen LogP contribution is 2.22. The van der Waals surface area contributed by atoms with Crippen LogP contribution in [0.25, 0.3) is 0 Å². The van der Waals surface area contributed by atoms with Gasteiger partial charge >= 0.3 is 0 Å². The standard InChI is InChI=1S/C11H9IN2O2S/c1-6-5-17-11(13-6)14-10(16)8-4-7(12)2-3-9(8)15/h2-5,15H,1H3,(H,13,14,16). The molecule has 2 aromatic rings. The number of aromatic nitrogens is 1. The molecule has 88 valence electrons. The minimum Gasteiger partial charge on any atom is -0.507 e. The van der Waals surface area contributed by atoms with E-state index in [4.69, 9.17) is 0 Å². The average molecular weight is 360 g/mol. The minimum absolute atomic E-state index is 0.0313. The molecule has 0 aliphatic rings. The Morgan fingerprint density at radius 3 is 2.94 bits per heavy atom. The van der Waals surface area contributed by atoms with Crippen LogP contribution in [0.5, 0.6) is 5.75 Å². The highest BCUT2D eigenvalue weighted by Gasteiger charge is 2.13. The van der Waals surface area contributed by atoms with E-state index < -0.39 is 0 Å². The predicted molar refractivity (Wildman–Crippen MR) is 75.6 cm³/mol. The fourth-order valence-corrected chi connectivity index (χ4v) is 2.44. The molecule has 0 aliphatic heterocycles. The molecule has 0 spiro atoms. The average Bonchev–Trinajstić information content (AvgIpc) is 2.67. The molecule has 2 N–H and O–H groups in total. The number of amides is 1. The number of phenolic OH excluding ortho intramolecular Hbond substituents is 1. The largest absolute Gasteiger partial charge is 0.507 e. The van der Waals surface area contributed by atoms with Crippen molar-refractivity contribution in [2.24, 2.45) is 0 Å². The van der Waals surface area contributed by atoms with Gasteiger partial charge in [-0.1, -0.05) is 0 Å². The summed E-state index contributed by atoms with van der Waals surface area (Å²) in [4.78, 5) is 16.0. The van der Waals surface area contributed by atoms with Crippen LogP contribution in [-0.2, 0) is 0 Å². The van der Waals surface area contributed by atoms with Gasteiger partial charge in [0.25, 0.3) is 5.91 Å². The zero-order valence-electron chi connectivity index (χ0n) is 8.90. The van der Waals surface area contributed by atoms with Crippen LogP contribution in [0, 0.1) is 10.5 Å². The Hall–Kier alpha value is -1.15. The fourth-order valence-electron chi connectivity index (χ4n) is 1.27. The van der Waals surface area contributed by atoms with E-state index in [0.29, 0.717) is 5.13 Å². The second-order valence-electron chi connectivity index (χ2n) is 3.41. The van der Waals surface area contributed by atoms with E-state index in [9.17, 15) is 9.90 Å². The number of carbonyl (C=O) groups is 1. The lowest BCUT2D eigenvalue weighted by atomic mass is 10.2. The molecule has 1 heterocycles. The number of phenols is 1. The maximum Gasteiger partial charge on any atom is 0.261 e. The van der Waals surface area contributed by atoms with E-state index in [-0.39, 0.29) is 17.2 Å². The number of hydrogen-bond donors (Lipinski definition) is 2. The van der Waals surface area contributed by atoms with Gasteiger partial charge in [0, 0.05) is 8.95 Å².